The molecule has 1 unspecified atom stereocenters. The molecule has 1 aromatic carbocycles. The molecule has 0 saturated carbocycles. The Morgan fingerprint density at radius 2 is 2.18 bits per heavy atom. The Morgan fingerprint density at radius 3 is 2.94 bits per heavy atom. The summed E-state index contributed by atoms with van der Waals surface area (Å²) in [7, 11) is -1.24. The number of aromatic nitrogens is 4. The zero-order valence-electron chi connectivity index (χ0n) is 8.90. The first kappa shape index (κ1) is 10.2. The van der Waals surface area contributed by atoms with Gasteiger partial charge in [-0.1, -0.05) is 12.1 Å². The second-order valence-corrected chi connectivity index (χ2v) is 4.68. The number of hydrogen-bond donors (Lipinski definition) is 0. The van der Waals surface area contributed by atoms with Crippen LogP contribution in [0.15, 0.2) is 40.2 Å². The van der Waals surface area contributed by atoms with E-state index in [2.05, 4.69) is 15.2 Å². The second kappa shape index (κ2) is 3.77. The third-order valence-corrected chi connectivity index (χ3v) is 3.05. The molecule has 0 bridgehead atoms. The molecule has 0 radical (unpaired) electrons. The molecule has 0 aliphatic carbocycles. The molecule has 0 N–H and O–H groups in total. The van der Waals surface area contributed by atoms with Crippen LogP contribution >= 0.6 is 0 Å². The third kappa shape index (κ3) is 1.64. The Bertz CT molecular complexity index is 670. The highest BCUT2D eigenvalue weighted by Crippen LogP contribution is 2.18. The van der Waals surface area contributed by atoms with Gasteiger partial charge in [-0.05, 0) is 12.1 Å². The molecular formula is C10H8N4O2S. The number of benzene rings is 1. The lowest BCUT2D eigenvalue weighted by Gasteiger charge is -1.96. The predicted octanol–water partition coefficient (Wildman–Crippen LogP) is 1.15. The first-order valence-corrected chi connectivity index (χ1v) is 6.41. The van der Waals surface area contributed by atoms with E-state index in [9.17, 15) is 4.21 Å². The van der Waals surface area contributed by atoms with Crippen molar-refractivity contribution in [2.24, 2.45) is 0 Å². The van der Waals surface area contributed by atoms with E-state index in [0.29, 0.717) is 16.8 Å². The van der Waals surface area contributed by atoms with Crippen LogP contribution in [-0.2, 0) is 10.8 Å². The summed E-state index contributed by atoms with van der Waals surface area (Å²) in [5, 5.41) is 7.80. The Kier molecular flexibility index (Phi) is 2.25. The average molecular weight is 248 g/mol. The summed E-state index contributed by atoms with van der Waals surface area (Å²) in [5.41, 5.74) is 1.41. The van der Waals surface area contributed by atoms with Crippen molar-refractivity contribution in [3.63, 3.8) is 0 Å². The van der Waals surface area contributed by atoms with Gasteiger partial charge in [0, 0.05) is 6.26 Å². The predicted molar refractivity (Wildman–Crippen MR) is 61.3 cm³/mol. The minimum Gasteiger partial charge on any atom is -0.423 e. The maximum Gasteiger partial charge on any atom is 0.310 e. The summed E-state index contributed by atoms with van der Waals surface area (Å²) in [6, 6.07) is 7.72. The Hall–Kier alpha value is -2.02. The summed E-state index contributed by atoms with van der Waals surface area (Å²) in [4.78, 5) is 4.28. The maximum absolute atomic E-state index is 11.4. The SMILES string of the molecule is CS(=O)c1nncn1-c1nc2ccccc2o1. The van der Waals surface area contributed by atoms with Crippen LogP contribution in [0, 0.1) is 0 Å². The van der Waals surface area contributed by atoms with Gasteiger partial charge in [0.15, 0.2) is 5.58 Å². The van der Waals surface area contributed by atoms with Crippen LogP contribution in [0.2, 0.25) is 0 Å². The second-order valence-electron chi connectivity index (χ2n) is 3.40. The van der Waals surface area contributed by atoms with Crippen LogP contribution in [-0.4, -0.2) is 30.2 Å². The van der Waals surface area contributed by atoms with Crippen molar-refractivity contribution in [1.29, 1.82) is 0 Å². The molecule has 17 heavy (non-hydrogen) atoms. The molecule has 2 aromatic heterocycles. The fraction of sp³-hybridized carbons (Fsp3) is 0.100. The topological polar surface area (TPSA) is 73.8 Å². The third-order valence-electron chi connectivity index (χ3n) is 2.26. The van der Waals surface area contributed by atoms with E-state index in [1.165, 1.54) is 17.2 Å². The highest BCUT2D eigenvalue weighted by molar-refractivity contribution is 7.84. The van der Waals surface area contributed by atoms with Gasteiger partial charge in [0.25, 0.3) is 0 Å². The summed E-state index contributed by atoms with van der Waals surface area (Å²) in [5.74, 6) is 0. The van der Waals surface area contributed by atoms with Gasteiger partial charge in [0.05, 0.1) is 10.8 Å². The van der Waals surface area contributed by atoms with Crippen molar-refractivity contribution >= 4 is 21.9 Å². The monoisotopic (exact) mass is 248 g/mol. The van der Waals surface area contributed by atoms with Gasteiger partial charge in [-0.3, -0.25) is 4.21 Å². The standard InChI is InChI=1S/C10H8N4O2S/c1-17(15)10-13-11-6-14(10)9-12-7-4-2-3-5-8(7)16-9/h2-6H,1H3. The molecule has 86 valence electrons. The van der Waals surface area contributed by atoms with Crippen LogP contribution in [0.4, 0.5) is 0 Å². The largest absolute Gasteiger partial charge is 0.423 e. The lowest BCUT2D eigenvalue weighted by atomic mass is 10.3. The minimum atomic E-state index is -1.24. The van der Waals surface area contributed by atoms with Gasteiger partial charge in [0.1, 0.15) is 11.8 Å². The van der Waals surface area contributed by atoms with Gasteiger partial charge in [-0.25, -0.2) is 4.57 Å². The van der Waals surface area contributed by atoms with E-state index < -0.39 is 10.8 Å². The number of para-hydroxylation sites is 2. The Balaban J connectivity index is 2.20. The minimum absolute atomic E-state index is 0.316. The molecule has 0 saturated heterocycles. The summed E-state index contributed by atoms with van der Waals surface area (Å²) >= 11 is 0. The van der Waals surface area contributed by atoms with Crippen LogP contribution in [0.5, 0.6) is 0 Å². The summed E-state index contributed by atoms with van der Waals surface area (Å²) < 4.78 is 18.5. The number of nitrogens with zero attached hydrogens (tertiary/aromatic N) is 4. The van der Waals surface area contributed by atoms with Gasteiger partial charge < -0.3 is 4.42 Å². The van der Waals surface area contributed by atoms with Gasteiger partial charge in [-0.15, -0.1) is 10.2 Å². The van der Waals surface area contributed by atoms with Crippen molar-refractivity contribution in [2.45, 2.75) is 5.16 Å². The van der Waals surface area contributed by atoms with Crippen molar-refractivity contribution in [3.05, 3.63) is 30.6 Å². The molecular weight excluding hydrogens is 240 g/mol. The maximum atomic E-state index is 11.4. The zero-order valence-corrected chi connectivity index (χ0v) is 9.72. The molecule has 6 nitrogen and oxygen atoms in total. The molecule has 2 heterocycles. The molecule has 0 aliphatic rings. The van der Waals surface area contributed by atoms with Gasteiger partial charge in [-0.2, -0.15) is 4.98 Å². The van der Waals surface area contributed by atoms with Gasteiger partial charge >= 0.3 is 6.01 Å². The van der Waals surface area contributed by atoms with Crippen molar-refractivity contribution in [1.82, 2.24) is 19.7 Å². The summed E-state index contributed by atoms with van der Waals surface area (Å²) in [6.45, 7) is 0. The normalized spacial score (nSPS) is 13.0. The highest BCUT2D eigenvalue weighted by Gasteiger charge is 2.14. The van der Waals surface area contributed by atoms with E-state index in [1.54, 1.807) is 0 Å². The van der Waals surface area contributed by atoms with E-state index in [0.717, 1.165) is 5.52 Å². The number of rotatable bonds is 2. The average Bonchev–Trinajstić information content (AvgIpc) is 2.95. The van der Waals surface area contributed by atoms with E-state index in [1.807, 2.05) is 24.3 Å². The molecule has 0 amide bonds. The molecule has 0 fully saturated rings. The van der Waals surface area contributed by atoms with E-state index in [-0.39, 0.29) is 0 Å². The first-order valence-electron chi connectivity index (χ1n) is 4.85. The van der Waals surface area contributed by atoms with Crippen molar-refractivity contribution in [2.75, 3.05) is 6.26 Å². The van der Waals surface area contributed by atoms with Crippen molar-refractivity contribution < 1.29 is 8.63 Å². The molecule has 0 aliphatic heterocycles. The van der Waals surface area contributed by atoms with Crippen LogP contribution < -0.4 is 0 Å². The van der Waals surface area contributed by atoms with Crippen LogP contribution in [0.25, 0.3) is 17.1 Å². The number of hydrogen-bond acceptors (Lipinski definition) is 5. The van der Waals surface area contributed by atoms with Crippen LogP contribution in [0.3, 0.4) is 0 Å². The Labute approximate surface area is 98.8 Å². The molecule has 1 atom stereocenters. The summed E-state index contributed by atoms with van der Waals surface area (Å²) in [6.07, 6.45) is 2.96. The van der Waals surface area contributed by atoms with Gasteiger partial charge in [0.2, 0.25) is 5.16 Å². The number of oxazole rings is 1. The lowest BCUT2D eigenvalue weighted by molar-refractivity contribution is 0.546. The lowest BCUT2D eigenvalue weighted by Crippen LogP contribution is -2.01. The number of fused-ring (bicyclic) bond motifs is 1. The Morgan fingerprint density at radius 1 is 1.35 bits per heavy atom. The van der Waals surface area contributed by atoms with E-state index >= 15 is 0 Å². The van der Waals surface area contributed by atoms with Crippen molar-refractivity contribution in [3.8, 4) is 6.01 Å². The quantitative estimate of drug-likeness (QED) is 0.680. The molecule has 3 rings (SSSR count). The molecule has 7 heteroatoms. The smallest absolute Gasteiger partial charge is 0.310 e. The first-order chi connectivity index (χ1) is 8.25. The fourth-order valence-corrected chi connectivity index (χ4v) is 2.08. The molecule has 3 aromatic rings. The zero-order chi connectivity index (χ0) is 11.8. The highest BCUT2D eigenvalue weighted by atomic mass is 32.2. The fourth-order valence-electron chi connectivity index (χ4n) is 1.51. The van der Waals surface area contributed by atoms with Crippen LogP contribution in [0.1, 0.15) is 0 Å². The molecule has 0 spiro atoms. The van der Waals surface area contributed by atoms with E-state index in [4.69, 9.17) is 4.42 Å².